The molecule has 3 aromatic rings. The first-order valence-corrected chi connectivity index (χ1v) is 12.6. The number of rotatable bonds is 8. The van der Waals surface area contributed by atoms with Crippen LogP contribution in [-0.4, -0.2) is 37.3 Å². The Bertz CT molecular complexity index is 1180. The van der Waals surface area contributed by atoms with E-state index >= 15 is 0 Å². The fraction of sp³-hybridized carbons (Fsp3) is 0.286. The second kappa shape index (κ2) is 9.76. The summed E-state index contributed by atoms with van der Waals surface area (Å²) in [7, 11) is -3.52. The Labute approximate surface area is 191 Å². The number of nitrogens with zero attached hydrogens (tertiary/aromatic N) is 3. The van der Waals surface area contributed by atoms with Gasteiger partial charge in [-0.2, -0.15) is 0 Å². The molecule has 3 rings (SSSR count). The van der Waals surface area contributed by atoms with Gasteiger partial charge in [-0.1, -0.05) is 58.8 Å². The van der Waals surface area contributed by atoms with Crippen molar-refractivity contribution in [2.24, 2.45) is 0 Å². The van der Waals surface area contributed by atoms with E-state index in [-0.39, 0.29) is 18.9 Å². The maximum Gasteiger partial charge on any atom is 0.232 e. The molecule has 0 bridgehead atoms. The van der Waals surface area contributed by atoms with Crippen LogP contribution in [0.5, 0.6) is 0 Å². The molecule has 0 aliphatic rings. The van der Waals surface area contributed by atoms with Gasteiger partial charge in [0.15, 0.2) is 0 Å². The Morgan fingerprint density at radius 2 is 1.84 bits per heavy atom. The number of hydrogen-bond donors (Lipinski definition) is 1. The first kappa shape index (κ1) is 23.2. The molecule has 0 spiro atoms. The maximum atomic E-state index is 12.3. The number of aryl methyl sites for hydroxylation is 1. The van der Waals surface area contributed by atoms with Crippen molar-refractivity contribution in [3.8, 4) is 10.6 Å². The molecule has 1 heterocycles. The molecule has 7 nitrogen and oxygen atoms in total. The summed E-state index contributed by atoms with van der Waals surface area (Å²) in [6, 6.07) is 13.0. The first-order chi connectivity index (χ1) is 14.6. The lowest BCUT2D eigenvalue weighted by Gasteiger charge is -2.24. The zero-order chi connectivity index (χ0) is 22.6. The molecule has 0 radical (unpaired) electrons. The minimum atomic E-state index is -3.52. The van der Waals surface area contributed by atoms with Crippen molar-refractivity contribution < 1.29 is 13.2 Å². The lowest BCUT2D eigenvalue weighted by Crippen LogP contribution is -2.32. The minimum absolute atomic E-state index is 0.144. The number of amides is 1. The van der Waals surface area contributed by atoms with Gasteiger partial charge in [-0.25, -0.2) is 8.42 Å². The van der Waals surface area contributed by atoms with Gasteiger partial charge >= 0.3 is 0 Å². The van der Waals surface area contributed by atoms with Crippen molar-refractivity contribution in [2.75, 3.05) is 22.4 Å². The number of carbonyl (C=O) groups is 1. The van der Waals surface area contributed by atoms with Crippen molar-refractivity contribution in [2.45, 2.75) is 26.7 Å². The second-order valence-corrected chi connectivity index (χ2v) is 10.4. The van der Waals surface area contributed by atoms with Crippen LogP contribution in [0.1, 0.15) is 24.0 Å². The molecule has 1 N–H and O–H groups in total. The van der Waals surface area contributed by atoms with E-state index in [0.29, 0.717) is 27.8 Å². The number of sulfonamides is 1. The molecule has 1 amide bonds. The minimum Gasteiger partial charge on any atom is -0.301 e. The third kappa shape index (κ3) is 6.03. The van der Waals surface area contributed by atoms with E-state index < -0.39 is 10.0 Å². The molecule has 1 aromatic heterocycles. The lowest BCUT2D eigenvalue weighted by atomic mass is 10.2. The highest BCUT2D eigenvalue weighted by Crippen LogP contribution is 2.29. The van der Waals surface area contributed by atoms with Gasteiger partial charge in [-0.05, 0) is 38.0 Å². The Morgan fingerprint density at radius 1 is 1.13 bits per heavy atom. The Hall–Kier alpha value is -2.49. The zero-order valence-electron chi connectivity index (χ0n) is 17.4. The number of aromatic nitrogens is 2. The molecule has 0 atom stereocenters. The molecule has 2 aromatic carbocycles. The van der Waals surface area contributed by atoms with E-state index in [1.165, 1.54) is 15.6 Å². The highest BCUT2D eigenvalue weighted by molar-refractivity contribution is 7.92. The van der Waals surface area contributed by atoms with Gasteiger partial charge in [0, 0.05) is 23.6 Å². The predicted octanol–water partition coefficient (Wildman–Crippen LogP) is 4.66. The van der Waals surface area contributed by atoms with Gasteiger partial charge in [-0.15, -0.1) is 10.2 Å². The van der Waals surface area contributed by atoms with Crippen LogP contribution in [0.3, 0.4) is 0 Å². The smallest absolute Gasteiger partial charge is 0.232 e. The van der Waals surface area contributed by atoms with Crippen molar-refractivity contribution in [1.29, 1.82) is 0 Å². The quantitative estimate of drug-likeness (QED) is 0.508. The summed E-state index contributed by atoms with van der Waals surface area (Å²) >= 11 is 7.43. The summed E-state index contributed by atoms with van der Waals surface area (Å²) in [5.74, 6) is -0.247. The van der Waals surface area contributed by atoms with E-state index in [1.54, 1.807) is 25.1 Å². The molecule has 31 heavy (non-hydrogen) atoms. The van der Waals surface area contributed by atoms with Crippen molar-refractivity contribution in [1.82, 2.24) is 10.2 Å². The molecule has 0 saturated carbocycles. The van der Waals surface area contributed by atoms with Crippen molar-refractivity contribution in [3.63, 3.8) is 0 Å². The van der Waals surface area contributed by atoms with Crippen LogP contribution in [0.15, 0.2) is 42.5 Å². The fourth-order valence-corrected chi connectivity index (χ4v) is 4.93. The van der Waals surface area contributed by atoms with Crippen molar-refractivity contribution in [3.05, 3.63) is 58.6 Å². The Balaban J connectivity index is 1.60. The van der Waals surface area contributed by atoms with Gasteiger partial charge in [0.25, 0.3) is 0 Å². The van der Waals surface area contributed by atoms with Gasteiger partial charge in [0.05, 0.1) is 11.9 Å². The normalized spacial score (nSPS) is 11.4. The molecule has 0 fully saturated rings. The third-order valence-corrected chi connectivity index (χ3v) is 7.12. The van der Waals surface area contributed by atoms with Gasteiger partial charge < -0.3 is 5.32 Å². The predicted molar refractivity (Wildman–Crippen MR) is 126 cm³/mol. The highest BCUT2D eigenvalue weighted by atomic mass is 35.5. The van der Waals surface area contributed by atoms with Crippen LogP contribution in [0.4, 0.5) is 10.8 Å². The summed E-state index contributed by atoms with van der Waals surface area (Å²) in [6.45, 7) is 3.94. The summed E-state index contributed by atoms with van der Waals surface area (Å²) < 4.78 is 25.9. The average molecular weight is 479 g/mol. The summed E-state index contributed by atoms with van der Waals surface area (Å²) in [4.78, 5) is 12.3. The topological polar surface area (TPSA) is 92.3 Å². The van der Waals surface area contributed by atoms with E-state index in [4.69, 9.17) is 11.6 Å². The van der Waals surface area contributed by atoms with Gasteiger partial charge in [-0.3, -0.25) is 9.10 Å². The summed E-state index contributed by atoms with van der Waals surface area (Å²) in [6.07, 6.45) is 1.63. The largest absolute Gasteiger partial charge is 0.301 e. The molecule has 0 unspecified atom stereocenters. The standard InChI is InChI=1S/C21H23ClN4O3S2/c1-14-9-11-16(12-10-14)20-24-25-21(30-20)23-19(27)8-5-13-26(31(3,28)29)18-7-4-6-17(22)15(18)2/h4,6-7,9-12H,5,8,13H2,1-3H3,(H,23,25,27). The first-order valence-electron chi connectivity index (χ1n) is 9.58. The number of carbonyl (C=O) groups excluding carboxylic acids is 1. The van der Waals surface area contributed by atoms with Gasteiger partial charge in [0.1, 0.15) is 5.01 Å². The summed E-state index contributed by atoms with van der Waals surface area (Å²) in [5.41, 5.74) is 3.28. The van der Waals surface area contributed by atoms with E-state index in [1.807, 2.05) is 31.2 Å². The van der Waals surface area contributed by atoms with E-state index in [0.717, 1.165) is 22.4 Å². The monoisotopic (exact) mass is 478 g/mol. The van der Waals surface area contributed by atoms with E-state index in [9.17, 15) is 13.2 Å². The Morgan fingerprint density at radius 3 is 2.52 bits per heavy atom. The maximum absolute atomic E-state index is 12.3. The molecule has 0 saturated heterocycles. The van der Waals surface area contributed by atoms with Gasteiger partial charge in [0.2, 0.25) is 21.1 Å². The number of benzene rings is 2. The molecule has 10 heteroatoms. The molecular formula is C21H23ClN4O3S2. The van der Waals surface area contributed by atoms with Crippen LogP contribution in [-0.2, 0) is 14.8 Å². The average Bonchev–Trinajstić information content (AvgIpc) is 3.16. The highest BCUT2D eigenvalue weighted by Gasteiger charge is 2.20. The molecular weight excluding hydrogens is 456 g/mol. The van der Waals surface area contributed by atoms with Crippen LogP contribution in [0.2, 0.25) is 5.02 Å². The van der Waals surface area contributed by atoms with E-state index in [2.05, 4.69) is 15.5 Å². The number of halogens is 1. The molecule has 0 aliphatic heterocycles. The molecule has 164 valence electrons. The lowest BCUT2D eigenvalue weighted by molar-refractivity contribution is -0.116. The van der Waals surface area contributed by atoms with Crippen molar-refractivity contribution >= 4 is 49.7 Å². The van der Waals surface area contributed by atoms with Crippen LogP contribution in [0, 0.1) is 13.8 Å². The van der Waals surface area contributed by atoms with Crippen LogP contribution in [0.25, 0.3) is 10.6 Å². The van der Waals surface area contributed by atoms with Crippen LogP contribution < -0.4 is 9.62 Å². The second-order valence-electron chi connectivity index (χ2n) is 7.15. The van der Waals surface area contributed by atoms with Crippen LogP contribution >= 0.6 is 22.9 Å². The summed E-state index contributed by atoms with van der Waals surface area (Å²) in [5, 5.41) is 12.5. The fourth-order valence-electron chi connectivity index (χ4n) is 2.98. The Kier molecular flexibility index (Phi) is 7.30. The SMILES string of the molecule is Cc1ccc(-c2nnc(NC(=O)CCCN(c3cccc(Cl)c3C)S(C)(=O)=O)s2)cc1. The number of nitrogens with one attached hydrogen (secondary N) is 1. The zero-order valence-corrected chi connectivity index (χ0v) is 19.8. The number of hydrogen-bond acceptors (Lipinski definition) is 6. The number of anilines is 2. The third-order valence-electron chi connectivity index (χ3n) is 4.64. The molecule has 0 aliphatic carbocycles.